The summed E-state index contributed by atoms with van der Waals surface area (Å²) in [6.45, 7) is 2.61. The number of hydrogen-bond donors (Lipinski definition) is 1. The fourth-order valence-corrected chi connectivity index (χ4v) is 2.32. The Morgan fingerprint density at radius 2 is 2.00 bits per heavy atom. The molecule has 1 fully saturated rings. The summed E-state index contributed by atoms with van der Waals surface area (Å²) in [6.07, 6.45) is -0.773. The van der Waals surface area contributed by atoms with Crippen LogP contribution in [0.4, 0.5) is 13.2 Å². The summed E-state index contributed by atoms with van der Waals surface area (Å²) < 4.78 is 37.5. The minimum atomic E-state index is -4.16. The number of halogens is 3. The molecule has 3 nitrogen and oxygen atoms in total. The molecule has 2 unspecified atom stereocenters. The molecule has 1 N–H and O–H groups in total. The van der Waals surface area contributed by atoms with Gasteiger partial charge in [0.1, 0.15) is 0 Å². The first kappa shape index (κ1) is 16.3. The fraction of sp³-hybridized carbons (Fsp3) is 0.923. The molecule has 0 spiro atoms. The van der Waals surface area contributed by atoms with Crippen LogP contribution < -0.4 is 5.32 Å². The van der Waals surface area contributed by atoms with Crippen LogP contribution in [-0.4, -0.2) is 43.2 Å². The quantitative estimate of drug-likeness (QED) is 0.785. The number of rotatable bonds is 5. The first-order chi connectivity index (χ1) is 8.86. The molecule has 2 atom stereocenters. The van der Waals surface area contributed by atoms with Gasteiger partial charge in [0.2, 0.25) is 5.91 Å². The van der Waals surface area contributed by atoms with E-state index >= 15 is 0 Å². The van der Waals surface area contributed by atoms with Gasteiger partial charge < -0.3 is 10.2 Å². The van der Waals surface area contributed by atoms with Gasteiger partial charge in [-0.2, -0.15) is 13.2 Å². The Labute approximate surface area is 112 Å². The smallest absolute Gasteiger partial charge is 0.344 e. The largest absolute Gasteiger partial charge is 0.393 e. The van der Waals surface area contributed by atoms with Gasteiger partial charge in [0.25, 0.3) is 0 Å². The standard InChI is InChI=1S/C13H23F3N2O/c1-3-4-5-8-18(2)12(19)11-7-6-10(9-17-11)13(14,15)16/h10-11,17H,3-9H2,1-2H3. The minimum absolute atomic E-state index is 0.0374. The van der Waals surface area contributed by atoms with Crippen LogP contribution in [0.25, 0.3) is 0 Å². The van der Waals surface area contributed by atoms with Crippen LogP contribution in [0.2, 0.25) is 0 Å². The summed E-state index contributed by atoms with van der Waals surface area (Å²) in [5.41, 5.74) is 0. The Morgan fingerprint density at radius 1 is 1.32 bits per heavy atom. The van der Waals surface area contributed by atoms with Crippen molar-refractivity contribution < 1.29 is 18.0 Å². The predicted molar refractivity (Wildman–Crippen MR) is 67.7 cm³/mol. The first-order valence-corrected chi connectivity index (χ1v) is 6.91. The molecule has 19 heavy (non-hydrogen) atoms. The zero-order valence-electron chi connectivity index (χ0n) is 11.6. The average Bonchev–Trinajstić information content (AvgIpc) is 2.37. The van der Waals surface area contributed by atoms with Crippen molar-refractivity contribution in [2.24, 2.45) is 5.92 Å². The van der Waals surface area contributed by atoms with Crippen LogP contribution in [-0.2, 0) is 4.79 Å². The number of nitrogens with one attached hydrogen (secondary N) is 1. The van der Waals surface area contributed by atoms with Crippen molar-refractivity contribution in [3.63, 3.8) is 0 Å². The molecule has 0 bridgehead atoms. The lowest BCUT2D eigenvalue weighted by atomic mass is 9.93. The topological polar surface area (TPSA) is 32.3 Å². The lowest BCUT2D eigenvalue weighted by molar-refractivity contribution is -0.180. The highest BCUT2D eigenvalue weighted by molar-refractivity contribution is 5.81. The molecule has 6 heteroatoms. The number of carbonyl (C=O) groups excluding carboxylic acids is 1. The normalized spacial score (nSPS) is 24.3. The molecule has 1 rings (SSSR count). The number of hydrogen-bond acceptors (Lipinski definition) is 2. The van der Waals surface area contributed by atoms with E-state index in [4.69, 9.17) is 0 Å². The van der Waals surface area contributed by atoms with Crippen molar-refractivity contribution in [2.75, 3.05) is 20.1 Å². The molecule has 1 aliphatic rings. The van der Waals surface area contributed by atoms with Gasteiger partial charge in [-0.1, -0.05) is 19.8 Å². The van der Waals surface area contributed by atoms with Gasteiger partial charge in [-0.05, 0) is 19.3 Å². The number of carbonyl (C=O) groups is 1. The molecule has 0 radical (unpaired) electrons. The van der Waals surface area contributed by atoms with Crippen LogP contribution in [0, 0.1) is 5.92 Å². The minimum Gasteiger partial charge on any atom is -0.344 e. The van der Waals surface area contributed by atoms with E-state index in [1.807, 2.05) is 0 Å². The molecule has 0 aliphatic carbocycles. The van der Waals surface area contributed by atoms with E-state index in [0.29, 0.717) is 6.54 Å². The predicted octanol–water partition coefficient (Wildman–Crippen LogP) is 2.57. The molecule has 1 aliphatic heterocycles. The Hall–Kier alpha value is -0.780. The van der Waals surface area contributed by atoms with Gasteiger partial charge in [-0.25, -0.2) is 0 Å². The van der Waals surface area contributed by atoms with Crippen molar-refractivity contribution in [3.05, 3.63) is 0 Å². The Morgan fingerprint density at radius 3 is 2.47 bits per heavy atom. The van der Waals surface area contributed by atoms with Crippen LogP contribution in [0.3, 0.4) is 0 Å². The summed E-state index contributed by atoms with van der Waals surface area (Å²) >= 11 is 0. The maximum atomic E-state index is 12.5. The van der Waals surface area contributed by atoms with Crippen LogP contribution in [0.1, 0.15) is 39.0 Å². The van der Waals surface area contributed by atoms with Crippen molar-refractivity contribution >= 4 is 5.91 Å². The Balaban J connectivity index is 2.36. The van der Waals surface area contributed by atoms with Crippen LogP contribution in [0.15, 0.2) is 0 Å². The monoisotopic (exact) mass is 280 g/mol. The van der Waals surface area contributed by atoms with E-state index in [1.54, 1.807) is 11.9 Å². The summed E-state index contributed by atoms with van der Waals surface area (Å²) in [4.78, 5) is 13.7. The zero-order chi connectivity index (χ0) is 14.5. The van der Waals surface area contributed by atoms with Gasteiger partial charge in [-0.3, -0.25) is 4.79 Å². The molecule has 0 saturated carbocycles. The number of nitrogens with zero attached hydrogens (tertiary/aromatic N) is 1. The summed E-state index contributed by atoms with van der Waals surface area (Å²) in [6, 6.07) is -0.453. The summed E-state index contributed by atoms with van der Waals surface area (Å²) in [5.74, 6) is -1.40. The second-order valence-corrected chi connectivity index (χ2v) is 5.24. The second kappa shape index (κ2) is 7.12. The number of likely N-dealkylation sites (N-methyl/N-ethyl adjacent to an activating group) is 1. The number of alkyl halides is 3. The van der Waals surface area contributed by atoms with E-state index in [1.165, 1.54) is 0 Å². The van der Waals surface area contributed by atoms with Crippen LogP contribution >= 0.6 is 0 Å². The maximum Gasteiger partial charge on any atom is 0.393 e. The van der Waals surface area contributed by atoms with Gasteiger partial charge >= 0.3 is 6.18 Å². The SMILES string of the molecule is CCCCCN(C)C(=O)C1CCC(C(F)(F)F)CN1. The van der Waals surface area contributed by atoms with Gasteiger partial charge in [-0.15, -0.1) is 0 Å². The molecular formula is C13H23F3N2O. The number of amides is 1. The number of piperidine rings is 1. The lowest BCUT2D eigenvalue weighted by Crippen LogP contribution is -2.51. The Kier molecular flexibility index (Phi) is 6.10. The first-order valence-electron chi connectivity index (χ1n) is 6.91. The zero-order valence-corrected chi connectivity index (χ0v) is 11.6. The third-order valence-electron chi connectivity index (χ3n) is 3.65. The van der Waals surface area contributed by atoms with Gasteiger partial charge in [0.15, 0.2) is 0 Å². The third-order valence-corrected chi connectivity index (χ3v) is 3.65. The van der Waals surface area contributed by atoms with Gasteiger partial charge in [0, 0.05) is 20.1 Å². The highest BCUT2D eigenvalue weighted by Gasteiger charge is 2.42. The van der Waals surface area contributed by atoms with E-state index in [0.717, 1.165) is 19.3 Å². The molecule has 1 heterocycles. The molecule has 1 saturated heterocycles. The van der Waals surface area contributed by atoms with E-state index in [9.17, 15) is 18.0 Å². The van der Waals surface area contributed by atoms with Crippen molar-refractivity contribution in [2.45, 2.75) is 51.2 Å². The third kappa shape index (κ3) is 5.01. The van der Waals surface area contributed by atoms with Crippen LogP contribution in [0.5, 0.6) is 0 Å². The molecule has 0 aromatic rings. The highest BCUT2D eigenvalue weighted by atomic mass is 19.4. The molecule has 0 aromatic heterocycles. The maximum absolute atomic E-state index is 12.5. The highest BCUT2D eigenvalue weighted by Crippen LogP contribution is 2.32. The average molecular weight is 280 g/mol. The lowest BCUT2D eigenvalue weighted by Gasteiger charge is -2.32. The molecule has 112 valence electrons. The molecule has 1 amide bonds. The van der Waals surface area contributed by atoms with Gasteiger partial charge in [0.05, 0.1) is 12.0 Å². The molecular weight excluding hydrogens is 257 g/mol. The van der Waals surface area contributed by atoms with Crippen molar-refractivity contribution in [3.8, 4) is 0 Å². The molecule has 0 aromatic carbocycles. The van der Waals surface area contributed by atoms with Crippen molar-refractivity contribution in [1.29, 1.82) is 0 Å². The fourth-order valence-electron chi connectivity index (χ4n) is 2.32. The number of unbranched alkanes of at least 4 members (excludes halogenated alkanes) is 2. The van der Waals surface area contributed by atoms with E-state index in [-0.39, 0.29) is 25.3 Å². The van der Waals surface area contributed by atoms with E-state index < -0.39 is 18.1 Å². The summed E-state index contributed by atoms with van der Waals surface area (Å²) in [7, 11) is 1.72. The summed E-state index contributed by atoms with van der Waals surface area (Å²) in [5, 5.41) is 2.74. The Bertz CT molecular complexity index is 286. The second-order valence-electron chi connectivity index (χ2n) is 5.24. The van der Waals surface area contributed by atoms with Crippen molar-refractivity contribution in [1.82, 2.24) is 10.2 Å². The van der Waals surface area contributed by atoms with E-state index in [2.05, 4.69) is 12.2 Å².